The first kappa shape index (κ1) is 21.2. The molecule has 1 aromatic heterocycles. The van der Waals surface area contributed by atoms with Crippen molar-refractivity contribution in [2.45, 2.75) is 0 Å². The highest BCUT2D eigenvalue weighted by molar-refractivity contribution is 6.00. The zero-order chi connectivity index (χ0) is 21.4. The molecule has 2 aromatic rings. The number of ether oxygens (including phenoxy) is 3. The molecule has 0 fully saturated rings. The van der Waals surface area contributed by atoms with E-state index in [2.05, 4.69) is 15.6 Å². The standard InChI is InChI=1S/C18H19N5O6/c1-27-13-9-12(14(23(25)26)16(29-3)15(13)28-2)18(24)22-8-7-21-17-11(10-19)5-4-6-20-17/h4-6,9H,7-8H2,1-3H3,(H,20,21)(H,22,24). The molecule has 0 saturated heterocycles. The second kappa shape index (κ2) is 9.75. The molecule has 11 heteroatoms. The molecule has 0 unspecified atom stereocenters. The maximum Gasteiger partial charge on any atom is 0.327 e. The Bertz CT molecular complexity index is 956. The maximum atomic E-state index is 12.6. The van der Waals surface area contributed by atoms with Crippen molar-refractivity contribution in [1.82, 2.24) is 10.3 Å². The maximum absolute atomic E-state index is 12.6. The molecule has 2 rings (SSSR count). The lowest BCUT2D eigenvalue weighted by atomic mass is 10.1. The van der Waals surface area contributed by atoms with Crippen molar-refractivity contribution in [1.29, 1.82) is 5.26 Å². The first-order valence-corrected chi connectivity index (χ1v) is 8.33. The number of hydrogen-bond acceptors (Lipinski definition) is 9. The number of anilines is 1. The Labute approximate surface area is 166 Å². The fraction of sp³-hybridized carbons (Fsp3) is 0.278. The third kappa shape index (κ3) is 4.62. The second-order valence-corrected chi connectivity index (χ2v) is 5.49. The molecule has 29 heavy (non-hydrogen) atoms. The summed E-state index contributed by atoms with van der Waals surface area (Å²) in [5.41, 5.74) is -0.411. The first-order chi connectivity index (χ1) is 14.0. The number of aromatic nitrogens is 1. The minimum atomic E-state index is -0.721. The van der Waals surface area contributed by atoms with Crippen molar-refractivity contribution in [3.05, 3.63) is 45.6 Å². The summed E-state index contributed by atoms with van der Waals surface area (Å²) in [7, 11) is 3.88. The highest BCUT2D eigenvalue weighted by Gasteiger charge is 2.32. The molecule has 0 spiro atoms. The number of pyridine rings is 1. The number of nitrogens with one attached hydrogen (secondary N) is 2. The average Bonchev–Trinajstić information content (AvgIpc) is 2.74. The molecule has 2 N–H and O–H groups in total. The summed E-state index contributed by atoms with van der Waals surface area (Å²) in [4.78, 5) is 27.5. The molecular weight excluding hydrogens is 382 g/mol. The number of rotatable bonds is 9. The van der Waals surface area contributed by atoms with Crippen LogP contribution in [-0.4, -0.2) is 50.2 Å². The van der Waals surface area contributed by atoms with Crippen LogP contribution in [0.5, 0.6) is 17.2 Å². The lowest BCUT2D eigenvalue weighted by Crippen LogP contribution is -2.29. The number of methoxy groups -OCH3 is 3. The van der Waals surface area contributed by atoms with E-state index in [1.54, 1.807) is 12.1 Å². The van der Waals surface area contributed by atoms with Gasteiger partial charge in [0, 0.05) is 25.4 Å². The summed E-state index contributed by atoms with van der Waals surface area (Å²) >= 11 is 0. The first-order valence-electron chi connectivity index (χ1n) is 8.33. The lowest BCUT2D eigenvalue weighted by Gasteiger charge is -2.15. The van der Waals surface area contributed by atoms with Crippen molar-refractivity contribution in [2.75, 3.05) is 39.7 Å². The molecule has 152 valence electrons. The van der Waals surface area contributed by atoms with E-state index in [1.807, 2.05) is 6.07 Å². The molecule has 0 saturated carbocycles. The van der Waals surface area contributed by atoms with Crippen molar-refractivity contribution in [3.63, 3.8) is 0 Å². The Hall–Kier alpha value is -4.07. The van der Waals surface area contributed by atoms with Gasteiger partial charge in [0.2, 0.25) is 11.5 Å². The summed E-state index contributed by atoms with van der Waals surface area (Å²) in [6, 6.07) is 6.46. The number of nitro groups is 1. The van der Waals surface area contributed by atoms with Crippen LogP contribution in [0.2, 0.25) is 0 Å². The van der Waals surface area contributed by atoms with Crippen LogP contribution in [0.4, 0.5) is 11.5 Å². The van der Waals surface area contributed by atoms with Crippen LogP contribution in [-0.2, 0) is 0 Å². The van der Waals surface area contributed by atoms with Crippen LogP contribution in [0, 0.1) is 21.4 Å². The lowest BCUT2D eigenvalue weighted by molar-refractivity contribution is -0.386. The molecule has 0 bridgehead atoms. The number of carbonyl (C=O) groups is 1. The van der Waals surface area contributed by atoms with Gasteiger partial charge < -0.3 is 24.8 Å². The highest BCUT2D eigenvalue weighted by Crippen LogP contribution is 2.46. The Morgan fingerprint density at radius 3 is 2.55 bits per heavy atom. The minimum absolute atomic E-state index is 0.0131. The SMILES string of the molecule is COc1cc(C(=O)NCCNc2ncccc2C#N)c([N+](=O)[O-])c(OC)c1OC. The number of amides is 1. The van der Waals surface area contributed by atoms with Crippen LogP contribution in [0.25, 0.3) is 0 Å². The van der Waals surface area contributed by atoms with Gasteiger partial charge in [0.25, 0.3) is 5.91 Å². The molecule has 0 aliphatic heterocycles. The minimum Gasteiger partial charge on any atom is -0.493 e. The molecule has 0 aliphatic rings. The van der Waals surface area contributed by atoms with Crippen molar-refractivity contribution in [3.8, 4) is 23.3 Å². The van der Waals surface area contributed by atoms with E-state index in [-0.39, 0.29) is 35.9 Å². The molecule has 11 nitrogen and oxygen atoms in total. The summed E-state index contributed by atoms with van der Waals surface area (Å²) in [5, 5.41) is 26.1. The average molecular weight is 401 g/mol. The summed E-state index contributed by atoms with van der Waals surface area (Å²) in [6.07, 6.45) is 1.53. The van der Waals surface area contributed by atoms with Gasteiger partial charge in [-0.2, -0.15) is 5.26 Å². The largest absolute Gasteiger partial charge is 0.493 e. The summed E-state index contributed by atoms with van der Waals surface area (Å²) in [6.45, 7) is 0.365. The van der Waals surface area contributed by atoms with E-state index in [9.17, 15) is 14.9 Å². The van der Waals surface area contributed by atoms with Crippen LogP contribution in [0.1, 0.15) is 15.9 Å². The normalized spacial score (nSPS) is 9.86. The fourth-order valence-electron chi connectivity index (χ4n) is 2.58. The monoisotopic (exact) mass is 401 g/mol. The van der Waals surface area contributed by atoms with Crippen LogP contribution < -0.4 is 24.8 Å². The second-order valence-electron chi connectivity index (χ2n) is 5.49. The Kier molecular flexibility index (Phi) is 7.14. The van der Waals surface area contributed by atoms with Crippen molar-refractivity contribution in [2.24, 2.45) is 0 Å². The predicted octanol–water partition coefficient (Wildman–Crippen LogP) is 1.73. The number of benzene rings is 1. The van der Waals surface area contributed by atoms with Gasteiger partial charge in [-0.1, -0.05) is 0 Å². The summed E-state index contributed by atoms with van der Waals surface area (Å²) < 4.78 is 15.4. The fourth-order valence-corrected chi connectivity index (χ4v) is 2.58. The number of hydrogen-bond donors (Lipinski definition) is 2. The van der Waals surface area contributed by atoms with Gasteiger partial charge in [0.05, 0.1) is 31.8 Å². The van der Waals surface area contributed by atoms with Crippen LogP contribution >= 0.6 is 0 Å². The number of carbonyl (C=O) groups excluding carboxylic acids is 1. The van der Waals surface area contributed by atoms with Gasteiger partial charge in [0.15, 0.2) is 5.75 Å². The third-order valence-electron chi connectivity index (χ3n) is 3.86. The number of nitrogens with zero attached hydrogens (tertiary/aromatic N) is 3. The van der Waals surface area contributed by atoms with E-state index < -0.39 is 16.5 Å². The van der Waals surface area contributed by atoms with Gasteiger partial charge in [-0.15, -0.1) is 0 Å². The smallest absolute Gasteiger partial charge is 0.327 e. The Morgan fingerprint density at radius 1 is 1.24 bits per heavy atom. The van der Waals surface area contributed by atoms with Crippen LogP contribution in [0.3, 0.4) is 0 Å². The molecule has 0 atom stereocenters. The zero-order valence-electron chi connectivity index (χ0n) is 16.0. The topological polar surface area (TPSA) is 149 Å². The van der Waals surface area contributed by atoms with E-state index in [0.29, 0.717) is 11.4 Å². The van der Waals surface area contributed by atoms with Gasteiger partial charge in [0.1, 0.15) is 17.5 Å². The molecule has 1 amide bonds. The van der Waals surface area contributed by atoms with Gasteiger partial charge in [-0.05, 0) is 12.1 Å². The van der Waals surface area contributed by atoms with Crippen LogP contribution in [0.15, 0.2) is 24.4 Å². The highest BCUT2D eigenvalue weighted by atomic mass is 16.6. The van der Waals surface area contributed by atoms with E-state index >= 15 is 0 Å². The molecular formula is C18H19N5O6. The van der Waals surface area contributed by atoms with E-state index in [1.165, 1.54) is 33.6 Å². The number of nitro benzene ring substituents is 1. The quantitative estimate of drug-likeness (QED) is 0.364. The molecule has 1 heterocycles. The van der Waals surface area contributed by atoms with Crippen molar-refractivity contribution < 1.29 is 23.9 Å². The molecule has 0 aliphatic carbocycles. The molecule has 1 aromatic carbocycles. The van der Waals surface area contributed by atoms with E-state index in [0.717, 1.165) is 0 Å². The van der Waals surface area contributed by atoms with Gasteiger partial charge in [-0.3, -0.25) is 14.9 Å². The van der Waals surface area contributed by atoms with E-state index in [4.69, 9.17) is 19.5 Å². The summed E-state index contributed by atoms with van der Waals surface area (Å²) in [5.74, 6) is -0.404. The zero-order valence-corrected chi connectivity index (χ0v) is 16.0. The van der Waals surface area contributed by atoms with Gasteiger partial charge in [-0.25, -0.2) is 4.98 Å². The number of nitriles is 1. The van der Waals surface area contributed by atoms with Gasteiger partial charge >= 0.3 is 5.69 Å². The predicted molar refractivity (Wildman–Crippen MR) is 103 cm³/mol. The Balaban J connectivity index is 2.19. The third-order valence-corrected chi connectivity index (χ3v) is 3.86. The molecule has 0 radical (unpaired) electrons. The Morgan fingerprint density at radius 2 is 1.97 bits per heavy atom. The van der Waals surface area contributed by atoms with Crippen molar-refractivity contribution >= 4 is 17.4 Å².